The zero-order valence-corrected chi connectivity index (χ0v) is 12.4. The molecule has 0 bridgehead atoms. The van der Waals surface area contributed by atoms with Gasteiger partial charge in [0.05, 0.1) is 0 Å². The van der Waals surface area contributed by atoms with Gasteiger partial charge in [-0.05, 0) is 12.6 Å². The van der Waals surface area contributed by atoms with Gasteiger partial charge in [-0.25, -0.2) is 0 Å². The number of hydrogen-bond acceptors (Lipinski definition) is 4. The zero-order chi connectivity index (χ0) is 13.7. The van der Waals surface area contributed by atoms with Gasteiger partial charge in [0.2, 0.25) is 0 Å². The van der Waals surface area contributed by atoms with Crippen molar-refractivity contribution in [2.75, 3.05) is 37.6 Å². The van der Waals surface area contributed by atoms with Gasteiger partial charge in [-0.1, -0.05) is 20.8 Å². The molecule has 0 amide bonds. The van der Waals surface area contributed by atoms with Crippen molar-refractivity contribution in [2.24, 2.45) is 0 Å². The Kier molecular flexibility index (Phi) is 5.16. The first-order valence-corrected chi connectivity index (χ1v) is 7.34. The monoisotopic (exact) mass is 262 g/mol. The molecule has 4 heteroatoms. The van der Waals surface area contributed by atoms with Crippen LogP contribution in [0.2, 0.25) is 0 Å². The Hall–Kier alpha value is -1.13. The van der Waals surface area contributed by atoms with Crippen molar-refractivity contribution in [3.05, 3.63) is 24.0 Å². The van der Waals surface area contributed by atoms with E-state index in [2.05, 4.69) is 46.9 Å². The molecule has 0 aromatic carbocycles. The Bertz CT molecular complexity index is 383. The van der Waals surface area contributed by atoms with Gasteiger partial charge in [-0.3, -0.25) is 4.98 Å². The molecule has 19 heavy (non-hydrogen) atoms. The van der Waals surface area contributed by atoms with E-state index < -0.39 is 0 Å². The highest BCUT2D eigenvalue weighted by Crippen LogP contribution is 2.20. The first-order valence-electron chi connectivity index (χ1n) is 7.34. The highest BCUT2D eigenvalue weighted by atomic mass is 15.3. The Morgan fingerprint density at radius 1 is 1.26 bits per heavy atom. The predicted octanol–water partition coefficient (Wildman–Crippen LogP) is 1.72. The summed E-state index contributed by atoms with van der Waals surface area (Å²) >= 11 is 0. The predicted molar refractivity (Wildman–Crippen MR) is 80.5 cm³/mol. The minimum Gasteiger partial charge on any atom is -0.369 e. The van der Waals surface area contributed by atoms with E-state index in [4.69, 9.17) is 0 Å². The maximum Gasteiger partial charge on any atom is 0.0443 e. The molecule has 0 unspecified atom stereocenters. The Morgan fingerprint density at radius 2 is 2.00 bits per heavy atom. The van der Waals surface area contributed by atoms with Crippen molar-refractivity contribution in [2.45, 2.75) is 33.4 Å². The maximum atomic E-state index is 4.27. The molecule has 2 heterocycles. The van der Waals surface area contributed by atoms with Crippen LogP contribution < -0.4 is 10.2 Å². The number of nitrogens with one attached hydrogen (secondary N) is 1. The van der Waals surface area contributed by atoms with Crippen LogP contribution in [0.3, 0.4) is 0 Å². The van der Waals surface area contributed by atoms with E-state index in [1.165, 1.54) is 11.3 Å². The molecule has 1 aliphatic rings. The van der Waals surface area contributed by atoms with E-state index in [0.717, 1.165) is 39.3 Å². The molecule has 1 aromatic rings. The van der Waals surface area contributed by atoms with Gasteiger partial charge < -0.3 is 15.1 Å². The molecular formula is C15H26N4. The van der Waals surface area contributed by atoms with Gasteiger partial charge in [-0.15, -0.1) is 0 Å². The molecule has 1 N–H and O–H groups in total. The van der Waals surface area contributed by atoms with Gasteiger partial charge in [-0.2, -0.15) is 0 Å². The first kappa shape index (κ1) is 14.3. The van der Waals surface area contributed by atoms with Gasteiger partial charge >= 0.3 is 0 Å². The van der Waals surface area contributed by atoms with Crippen molar-refractivity contribution in [1.82, 2.24) is 15.2 Å². The number of pyridine rings is 1. The van der Waals surface area contributed by atoms with E-state index >= 15 is 0 Å². The van der Waals surface area contributed by atoms with Crippen LogP contribution in [0.5, 0.6) is 0 Å². The minimum atomic E-state index is 0.505. The fraction of sp³-hybridized carbons (Fsp3) is 0.667. The average molecular weight is 262 g/mol. The van der Waals surface area contributed by atoms with Crippen LogP contribution >= 0.6 is 0 Å². The van der Waals surface area contributed by atoms with Gasteiger partial charge in [0.15, 0.2) is 0 Å². The van der Waals surface area contributed by atoms with Gasteiger partial charge in [0.25, 0.3) is 0 Å². The normalized spacial score (nSPS) is 17.2. The van der Waals surface area contributed by atoms with E-state index in [1.807, 2.05) is 12.4 Å². The van der Waals surface area contributed by atoms with Crippen LogP contribution in [0.1, 0.15) is 26.3 Å². The molecule has 0 saturated carbocycles. The van der Waals surface area contributed by atoms with Crippen molar-refractivity contribution >= 4 is 5.69 Å². The highest BCUT2D eigenvalue weighted by molar-refractivity contribution is 5.52. The van der Waals surface area contributed by atoms with Crippen molar-refractivity contribution < 1.29 is 0 Å². The molecule has 1 saturated heterocycles. The van der Waals surface area contributed by atoms with Crippen LogP contribution in [0.15, 0.2) is 18.5 Å². The second kappa shape index (κ2) is 6.87. The summed E-state index contributed by atoms with van der Waals surface area (Å²) in [6, 6.07) is 2.66. The molecule has 2 rings (SSSR count). The van der Waals surface area contributed by atoms with E-state index in [-0.39, 0.29) is 0 Å². The Balaban J connectivity index is 2.03. The molecule has 1 aliphatic heterocycles. The fourth-order valence-corrected chi connectivity index (χ4v) is 2.48. The van der Waals surface area contributed by atoms with Crippen LogP contribution in [-0.2, 0) is 6.54 Å². The fourth-order valence-electron chi connectivity index (χ4n) is 2.48. The van der Waals surface area contributed by atoms with Crippen molar-refractivity contribution in [3.63, 3.8) is 0 Å². The smallest absolute Gasteiger partial charge is 0.0443 e. The molecule has 1 fully saturated rings. The average Bonchev–Trinajstić information content (AvgIpc) is 2.45. The number of anilines is 1. The third kappa shape index (κ3) is 3.91. The third-order valence-corrected chi connectivity index (χ3v) is 3.74. The highest BCUT2D eigenvalue weighted by Gasteiger charge is 2.17. The second-order valence-corrected chi connectivity index (χ2v) is 5.46. The van der Waals surface area contributed by atoms with Crippen LogP contribution in [0, 0.1) is 0 Å². The summed E-state index contributed by atoms with van der Waals surface area (Å²) in [5, 5.41) is 3.48. The second-order valence-electron chi connectivity index (χ2n) is 5.46. The summed E-state index contributed by atoms with van der Waals surface area (Å²) in [5.41, 5.74) is 2.65. The van der Waals surface area contributed by atoms with E-state index in [1.54, 1.807) is 0 Å². The largest absolute Gasteiger partial charge is 0.369 e. The van der Waals surface area contributed by atoms with Gasteiger partial charge in [0, 0.05) is 62.4 Å². The minimum absolute atomic E-state index is 0.505. The number of rotatable bonds is 5. The van der Waals surface area contributed by atoms with Crippen molar-refractivity contribution in [1.29, 1.82) is 0 Å². The Morgan fingerprint density at radius 3 is 2.63 bits per heavy atom. The molecule has 0 radical (unpaired) electrons. The molecule has 0 aliphatic carbocycles. The lowest BCUT2D eigenvalue weighted by Gasteiger charge is -2.36. The number of piperazine rings is 1. The number of likely N-dealkylation sites (N-methyl/N-ethyl adjacent to an activating group) is 1. The SMILES string of the molecule is CCN1CCN(c2ccncc2CNC(C)C)CC1. The molecule has 4 nitrogen and oxygen atoms in total. The lowest BCUT2D eigenvalue weighted by atomic mass is 10.1. The Labute approximate surface area is 116 Å². The van der Waals surface area contributed by atoms with E-state index in [9.17, 15) is 0 Å². The maximum absolute atomic E-state index is 4.27. The molecular weight excluding hydrogens is 236 g/mol. The molecule has 106 valence electrons. The van der Waals surface area contributed by atoms with Crippen LogP contribution in [-0.4, -0.2) is 48.6 Å². The number of hydrogen-bond donors (Lipinski definition) is 1. The first-order chi connectivity index (χ1) is 9.20. The van der Waals surface area contributed by atoms with Crippen LogP contribution in [0.4, 0.5) is 5.69 Å². The number of aromatic nitrogens is 1. The summed E-state index contributed by atoms with van der Waals surface area (Å²) in [4.78, 5) is 9.27. The summed E-state index contributed by atoms with van der Waals surface area (Å²) in [7, 11) is 0. The molecule has 1 aromatic heterocycles. The van der Waals surface area contributed by atoms with Crippen molar-refractivity contribution in [3.8, 4) is 0 Å². The third-order valence-electron chi connectivity index (χ3n) is 3.74. The van der Waals surface area contributed by atoms with Gasteiger partial charge in [0.1, 0.15) is 0 Å². The summed E-state index contributed by atoms with van der Waals surface area (Å²) in [6.45, 7) is 13.2. The quantitative estimate of drug-likeness (QED) is 0.875. The summed E-state index contributed by atoms with van der Waals surface area (Å²) in [5.74, 6) is 0. The summed E-state index contributed by atoms with van der Waals surface area (Å²) < 4.78 is 0. The zero-order valence-electron chi connectivity index (χ0n) is 12.4. The lowest BCUT2D eigenvalue weighted by Crippen LogP contribution is -2.46. The molecule has 0 spiro atoms. The topological polar surface area (TPSA) is 31.4 Å². The van der Waals surface area contributed by atoms with Crippen LogP contribution in [0.25, 0.3) is 0 Å². The lowest BCUT2D eigenvalue weighted by molar-refractivity contribution is 0.271. The molecule has 0 atom stereocenters. The summed E-state index contributed by atoms with van der Waals surface area (Å²) in [6.07, 6.45) is 3.90. The number of nitrogens with zero attached hydrogens (tertiary/aromatic N) is 3. The van der Waals surface area contributed by atoms with E-state index in [0.29, 0.717) is 6.04 Å². The standard InChI is InChI=1S/C15H26N4/c1-4-18-7-9-19(10-8-18)15-5-6-16-11-14(15)12-17-13(2)3/h5-6,11,13,17H,4,7-10,12H2,1-3H3.